The van der Waals surface area contributed by atoms with Gasteiger partial charge in [0.05, 0.1) is 19.8 Å². The van der Waals surface area contributed by atoms with Crippen molar-refractivity contribution in [2.24, 2.45) is 22.7 Å². The maximum Gasteiger partial charge on any atom is 0.0647 e. The van der Waals surface area contributed by atoms with Crippen LogP contribution in [0.5, 0.6) is 0 Å². The molecule has 132 valence electrons. The first-order chi connectivity index (χ1) is 10.9. The van der Waals surface area contributed by atoms with Crippen molar-refractivity contribution < 1.29 is 15.3 Å². The molecule has 0 aromatic rings. The van der Waals surface area contributed by atoms with Gasteiger partial charge < -0.3 is 15.3 Å². The Morgan fingerprint density at radius 2 is 2.00 bits per heavy atom. The van der Waals surface area contributed by atoms with E-state index in [2.05, 4.69) is 26.8 Å². The minimum atomic E-state index is 0.000698. The molecule has 3 nitrogen and oxygen atoms in total. The van der Waals surface area contributed by atoms with Gasteiger partial charge in [0.15, 0.2) is 0 Å². The SMILES string of the molecule is C[C@@H]1CC[C@@]2(C)C(CO)=CCC[C@@H]2[C@@]1(C)CC/C(=C/CO)CO. The first-order valence-corrected chi connectivity index (χ1v) is 9.12. The average molecular weight is 322 g/mol. The Labute approximate surface area is 141 Å². The molecule has 2 rings (SSSR count). The normalized spacial score (nSPS) is 38.2. The van der Waals surface area contributed by atoms with Crippen LogP contribution in [0.1, 0.15) is 59.3 Å². The highest BCUT2D eigenvalue weighted by Crippen LogP contribution is 2.61. The van der Waals surface area contributed by atoms with E-state index >= 15 is 0 Å². The largest absolute Gasteiger partial charge is 0.392 e. The molecular formula is C20H34O3. The van der Waals surface area contributed by atoms with Crippen LogP contribution in [0.3, 0.4) is 0 Å². The summed E-state index contributed by atoms with van der Waals surface area (Å²) < 4.78 is 0. The summed E-state index contributed by atoms with van der Waals surface area (Å²) in [4.78, 5) is 0. The van der Waals surface area contributed by atoms with Gasteiger partial charge in [-0.1, -0.05) is 32.9 Å². The van der Waals surface area contributed by atoms with Gasteiger partial charge >= 0.3 is 0 Å². The summed E-state index contributed by atoms with van der Waals surface area (Å²) in [5.41, 5.74) is 2.52. The fraction of sp³-hybridized carbons (Fsp3) is 0.800. The number of fused-ring (bicyclic) bond motifs is 1. The van der Waals surface area contributed by atoms with E-state index in [0.29, 0.717) is 11.8 Å². The van der Waals surface area contributed by atoms with Gasteiger partial charge in [-0.25, -0.2) is 0 Å². The molecule has 0 unspecified atom stereocenters. The van der Waals surface area contributed by atoms with Crippen molar-refractivity contribution in [3.05, 3.63) is 23.3 Å². The number of allylic oxidation sites excluding steroid dienone is 1. The third-order valence-electron chi connectivity index (χ3n) is 7.11. The van der Waals surface area contributed by atoms with Gasteiger partial charge in [-0.3, -0.25) is 0 Å². The zero-order valence-electron chi connectivity index (χ0n) is 15.0. The Balaban J connectivity index is 2.24. The summed E-state index contributed by atoms with van der Waals surface area (Å²) >= 11 is 0. The predicted molar refractivity (Wildman–Crippen MR) is 94.0 cm³/mol. The number of hydrogen-bond donors (Lipinski definition) is 3. The van der Waals surface area contributed by atoms with Crippen molar-refractivity contribution in [2.75, 3.05) is 19.8 Å². The van der Waals surface area contributed by atoms with E-state index in [9.17, 15) is 10.2 Å². The Morgan fingerprint density at radius 1 is 1.26 bits per heavy atom. The molecule has 0 aromatic carbocycles. The molecule has 1 saturated carbocycles. The molecule has 0 aromatic heterocycles. The molecular weight excluding hydrogens is 288 g/mol. The van der Waals surface area contributed by atoms with Gasteiger partial charge in [-0.15, -0.1) is 0 Å². The summed E-state index contributed by atoms with van der Waals surface area (Å²) in [6, 6.07) is 0. The first kappa shape index (κ1) is 18.7. The third kappa shape index (κ3) is 3.42. The van der Waals surface area contributed by atoms with Crippen LogP contribution in [0.2, 0.25) is 0 Å². The molecule has 2 aliphatic carbocycles. The Bertz CT molecular complexity index is 468. The zero-order chi connectivity index (χ0) is 17.1. The number of rotatable bonds is 6. The molecule has 3 N–H and O–H groups in total. The number of aliphatic hydroxyl groups excluding tert-OH is 3. The minimum absolute atomic E-state index is 0.000698. The van der Waals surface area contributed by atoms with Crippen LogP contribution in [0.4, 0.5) is 0 Å². The van der Waals surface area contributed by atoms with Crippen LogP contribution in [-0.4, -0.2) is 35.1 Å². The standard InChI is InChI=1S/C20H34O3/c1-15-7-10-20(3)17(14-23)5-4-6-18(20)19(15,2)11-8-16(13-22)9-12-21/h5,9,15,18,21-23H,4,6-8,10-14H2,1-3H3/b16-9-/t15-,18-,19+,20+/m1/s1. The van der Waals surface area contributed by atoms with Crippen molar-refractivity contribution in [1.29, 1.82) is 0 Å². The van der Waals surface area contributed by atoms with E-state index < -0.39 is 0 Å². The van der Waals surface area contributed by atoms with Crippen molar-refractivity contribution in [3.63, 3.8) is 0 Å². The van der Waals surface area contributed by atoms with Crippen molar-refractivity contribution >= 4 is 0 Å². The van der Waals surface area contributed by atoms with E-state index in [1.807, 2.05) is 0 Å². The molecule has 0 saturated heterocycles. The highest BCUT2D eigenvalue weighted by molar-refractivity contribution is 5.23. The molecule has 0 spiro atoms. The van der Waals surface area contributed by atoms with Crippen molar-refractivity contribution in [1.82, 2.24) is 0 Å². The molecule has 3 heteroatoms. The summed E-state index contributed by atoms with van der Waals surface area (Å²) in [7, 11) is 0. The molecule has 0 radical (unpaired) electrons. The van der Waals surface area contributed by atoms with E-state index in [1.165, 1.54) is 24.8 Å². The molecule has 0 aliphatic heterocycles. The fourth-order valence-corrected chi connectivity index (χ4v) is 5.25. The molecule has 0 bridgehead atoms. The zero-order valence-corrected chi connectivity index (χ0v) is 15.0. The lowest BCUT2D eigenvalue weighted by Crippen LogP contribution is -2.50. The van der Waals surface area contributed by atoms with Crippen LogP contribution >= 0.6 is 0 Å². The van der Waals surface area contributed by atoms with Gasteiger partial charge in [0, 0.05) is 0 Å². The Hall–Kier alpha value is -0.640. The van der Waals surface area contributed by atoms with Gasteiger partial charge in [0.25, 0.3) is 0 Å². The molecule has 0 amide bonds. The lowest BCUT2D eigenvalue weighted by atomic mass is 9.47. The maximum absolute atomic E-state index is 9.82. The first-order valence-electron chi connectivity index (χ1n) is 9.12. The van der Waals surface area contributed by atoms with Crippen LogP contribution in [-0.2, 0) is 0 Å². The van der Waals surface area contributed by atoms with Crippen LogP contribution in [0.25, 0.3) is 0 Å². The van der Waals surface area contributed by atoms with E-state index in [1.54, 1.807) is 6.08 Å². The molecule has 1 fully saturated rings. The van der Waals surface area contributed by atoms with Gasteiger partial charge in [0.2, 0.25) is 0 Å². The van der Waals surface area contributed by atoms with Crippen molar-refractivity contribution in [2.45, 2.75) is 59.3 Å². The smallest absolute Gasteiger partial charge is 0.0647 e. The fourth-order valence-electron chi connectivity index (χ4n) is 5.25. The second-order valence-electron chi connectivity index (χ2n) is 8.08. The molecule has 4 atom stereocenters. The molecule has 23 heavy (non-hydrogen) atoms. The van der Waals surface area contributed by atoms with Crippen LogP contribution < -0.4 is 0 Å². The minimum Gasteiger partial charge on any atom is -0.392 e. The Kier molecular flexibility index (Phi) is 6.10. The second kappa shape index (κ2) is 7.50. The molecule has 2 aliphatic rings. The predicted octanol–water partition coefficient (Wildman–Crippen LogP) is 3.45. The summed E-state index contributed by atoms with van der Waals surface area (Å²) in [6.07, 6.45) is 10.5. The van der Waals surface area contributed by atoms with Gasteiger partial charge in [-0.2, -0.15) is 0 Å². The van der Waals surface area contributed by atoms with E-state index in [0.717, 1.165) is 24.8 Å². The monoisotopic (exact) mass is 322 g/mol. The Morgan fingerprint density at radius 3 is 2.61 bits per heavy atom. The van der Waals surface area contributed by atoms with E-state index in [4.69, 9.17) is 5.11 Å². The van der Waals surface area contributed by atoms with Crippen LogP contribution in [0, 0.1) is 22.7 Å². The van der Waals surface area contributed by atoms with Gasteiger partial charge in [0.1, 0.15) is 0 Å². The summed E-state index contributed by atoms with van der Waals surface area (Å²) in [5.74, 6) is 1.23. The quantitative estimate of drug-likeness (QED) is 0.656. The lowest BCUT2D eigenvalue weighted by Gasteiger charge is -2.58. The number of aliphatic hydroxyl groups is 3. The highest BCUT2D eigenvalue weighted by atomic mass is 16.3. The number of hydrogen-bond acceptors (Lipinski definition) is 3. The molecule has 0 heterocycles. The highest BCUT2D eigenvalue weighted by Gasteiger charge is 2.53. The average Bonchev–Trinajstić information content (AvgIpc) is 2.55. The second-order valence-corrected chi connectivity index (χ2v) is 8.08. The van der Waals surface area contributed by atoms with Crippen LogP contribution in [0.15, 0.2) is 23.3 Å². The third-order valence-corrected chi connectivity index (χ3v) is 7.11. The maximum atomic E-state index is 9.82. The topological polar surface area (TPSA) is 60.7 Å². The van der Waals surface area contributed by atoms with E-state index in [-0.39, 0.29) is 30.7 Å². The van der Waals surface area contributed by atoms with Gasteiger partial charge in [-0.05, 0) is 72.3 Å². The lowest BCUT2D eigenvalue weighted by molar-refractivity contribution is -0.0509. The summed E-state index contributed by atoms with van der Waals surface area (Å²) in [5, 5.41) is 28.4. The summed E-state index contributed by atoms with van der Waals surface area (Å²) in [6.45, 7) is 7.34. The van der Waals surface area contributed by atoms with Crippen molar-refractivity contribution in [3.8, 4) is 0 Å².